The summed E-state index contributed by atoms with van der Waals surface area (Å²) >= 11 is 1.53. The number of amides is 1. The molecule has 5 nitrogen and oxygen atoms in total. The van der Waals surface area contributed by atoms with Gasteiger partial charge in [0.05, 0.1) is 0 Å². The van der Waals surface area contributed by atoms with Crippen LogP contribution in [0.4, 0.5) is 4.79 Å². The molecule has 2 rings (SSSR count). The molecule has 0 bridgehead atoms. The van der Waals surface area contributed by atoms with Crippen molar-refractivity contribution in [1.29, 1.82) is 0 Å². The Morgan fingerprint density at radius 2 is 1.67 bits per heavy atom. The highest BCUT2D eigenvalue weighted by atomic mass is 32.2. The van der Waals surface area contributed by atoms with Crippen LogP contribution in [0.15, 0.2) is 54.6 Å². The lowest BCUT2D eigenvalue weighted by atomic mass is 9.95. The monoisotopic (exact) mass is 387 g/mol. The molecule has 2 aromatic rings. The Bertz CT molecular complexity index is 760. The Morgan fingerprint density at radius 3 is 2.22 bits per heavy atom. The van der Waals surface area contributed by atoms with E-state index in [0.717, 1.165) is 16.7 Å². The number of hydrogen-bond donors (Lipinski definition) is 2. The van der Waals surface area contributed by atoms with Gasteiger partial charge in [0.15, 0.2) is 0 Å². The molecule has 1 unspecified atom stereocenters. The van der Waals surface area contributed by atoms with E-state index in [9.17, 15) is 14.7 Å². The van der Waals surface area contributed by atoms with Gasteiger partial charge in [-0.05, 0) is 49.0 Å². The van der Waals surface area contributed by atoms with Gasteiger partial charge < -0.3 is 15.2 Å². The molecule has 0 heterocycles. The van der Waals surface area contributed by atoms with E-state index in [2.05, 4.69) is 5.32 Å². The minimum absolute atomic E-state index is 0.345. The molecule has 0 saturated heterocycles. The Kier molecular flexibility index (Phi) is 7.30. The average Bonchev–Trinajstić information content (AvgIpc) is 2.65. The van der Waals surface area contributed by atoms with Gasteiger partial charge in [-0.2, -0.15) is 11.8 Å². The number of nitrogens with one attached hydrogen (secondary N) is 1. The SMILES string of the molecule is CSCCC(NC(=O)OC(C)(C)c1ccc(-c2ccccc2)cc1)C(=O)O. The molecule has 6 heteroatoms. The minimum atomic E-state index is -1.06. The lowest BCUT2D eigenvalue weighted by molar-refractivity contribution is -0.139. The van der Waals surface area contributed by atoms with Crippen molar-refractivity contribution in [2.75, 3.05) is 12.0 Å². The topological polar surface area (TPSA) is 75.6 Å². The van der Waals surface area contributed by atoms with Crippen LogP contribution in [0, 0.1) is 0 Å². The van der Waals surface area contributed by atoms with Crippen LogP contribution in [0.2, 0.25) is 0 Å². The number of alkyl carbamates (subject to hydrolysis) is 1. The molecule has 0 radical (unpaired) electrons. The first kappa shape index (κ1) is 20.8. The van der Waals surface area contributed by atoms with Crippen LogP contribution in [-0.4, -0.2) is 35.2 Å². The molecule has 1 amide bonds. The molecule has 0 aliphatic carbocycles. The van der Waals surface area contributed by atoms with Crippen molar-refractivity contribution in [3.8, 4) is 11.1 Å². The third-order valence-electron chi connectivity index (χ3n) is 4.24. The quantitative estimate of drug-likeness (QED) is 0.696. The van der Waals surface area contributed by atoms with Crippen LogP contribution in [0.1, 0.15) is 25.8 Å². The minimum Gasteiger partial charge on any atom is -0.480 e. The van der Waals surface area contributed by atoms with E-state index in [1.165, 1.54) is 11.8 Å². The van der Waals surface area contributed by atoms with Crippen molar-refractivity contribution in [2.45, 2.75) is 31.9 Å². The first-order valence-corrected chi connectivity index (χ1v) is 10.1. The first-order valence-electron chi connectivity index (χ1n) is 8.70. The standard InChI is InChI=1S/C21H25NO4S/c1-21(2,26-20(25)22-18(19(23)24)13-14-27-3)17-11-9-16(10-12-17)15-7-5-4-6-8-15/h4-12,18H,13-14H2,1-3H3,(H,22,25)(H,23,24). The zero-order valence-corrected chi connectivity index (χ0v) is 16.6. The lowest BCUT2D eigenvalue weighted by Gasteiger charge is -2.27. The summed E-state index contributed by atoms with van der Waals surface area (Å²) in [5.74, 6) is -0.423. The van der Waals surface area contributed by atoms with E-state index in [0.29, 0.717) is 12.2 Å². The van der Waals surface area contributed by atoms with Crippen LogP contribution in [0.25, 0.3) is 11.1 Å². The van der Waals surface area contributed by atoms with Gasteiger partial charge in [0, 0.05) is 0 Å². The molecule has 144 valence electrons. The molecule has 27 heavy (non-hydrogen) atoms. The van der Waals surface area contributed by atoms with Gasteiger partial charge in [-0.1, -0.05) is 54.6 Å². The van der Waals surface area contributed by atoms with Gasteiger partial charge >= 0.3 is 12.1 Å². The highest BCUT2D eigenvalue weighted by molar-refractivity contribution is 7.98. The van der Waals surface area contributed by atoms with Gasteiger partial charge in [-0.25, -0.2) is 9.59 Å². The maximum atomic E-state index is 12.2. The fourth-order valence-corrected chi connectivity index (χ4v) is 3.12. The number of carboxylic acids is 1. The van der Waals surface area contributed by atoms with Crippen LogP contribution >= 0.6 is 11.8 Å². The Balaban J connectivity index is 2.04. The second-order valence-electron chi connectivity index (χ2n) is 6.66. The highest BCUT2D eigenvalue weighted by Crippen LogP contribution is 2.28. The highest BCUT2D eigenvalue weighted by Gasteiger charge is 2.28. The third kappa shape index (κ3) is 6.03. The number of rotatable bonds is 8. The molecule has 0 spiro atoms. The summed E-state index contributed by atoms with van der Waals surface area (Å²) in [6.07, 6.45) is 1.50. The molecule has 2 N–H and O–H groups in total. The van der Waals surface area contributed by atoms with E-state index >= 15 is 0 Å². The van der Waals surface area contributed by atoms with Crippen molar-refractivity contribution in [3.05, 3.63) is 60.2 Å². The number of ether oxygens (including phenoxy) is 1. The van der Waals surface area contributed by atoms with E-state index in [1.807, 2.05) is 60.9 Å². The van der Waals surface area contributed by atoms with Crippen molar-refractivity contribution in [1.82, 2.24) is 5.32 Å². The fraction of sp³-hybridized carbons (Fsp3) is 0.333. The number of hydrogen-bond acceptors (Lipinski definition) is 4. The molecule has 1 atom stereocenters. The maximum Gasteiger partial charge on any atom is 0.408 e. The lowest BCUT2D eigenvalue weighted by Crippen LogP contribution is -2.43. The van der Waals surface area contributed by atoms with Crippen molar-refractivity contribution < 1.29 is 19.4 Å². The van der Waals surface area contributed by atoms with Gasteiger partial charge in [0.2, 0.25) is 0 Å². The summed E-state index contributed by atoms with van der Waals surface area (Å²) < 4.78 is 5.51. The number of carbonyl (C=O) groups is 2. The maximum absolute atomic E-state index is 12.2. The first-order chi connectivity index (χ1) is 12.8. The number of benzene rings is 2. The second kappa shape index (κ2) is 9.46. The molecule has 0 aliphatic rings. The summed E-state index contributed by atoms with van der Waals surface area (Å²) in [7, 11) is 0. The number of thioether (sulfide) groups is 1. The number of carboxylic acid groups (broad SMARTS) is 1. The third-order valence-corrected chi connectivity index (χ3v) is 4.88. The smallest absolute Gasteiger partial charge is 0.408 e. The van der Waals surface area contributed by atoms with Crippen LogP contribution in [0.5, 0.6) is 0 Å². The normalized spacial score (nSPS) is 12.3. The molecule has 2 aromatic carbocycles. The van der Waals surface area contributed by atoms with Gasteiger partial charge in [0.25, 0.3) is 0 Å². The van der Waals surface area contributed by atoms with E-state index in [4.69, 9.17) is 4.74 Å². The summed E-state index contributed by atoms with van der Waals surface area (Å²) in [5, 5.41) is 11.7. The van der Waals surface area contributed by atoms with Crippen molar-refractivity contribution >= 4 is 23.8 Å². The Morgan fingerprint density at radius 1 is 1.07 bits per heavy atom. The zero-order valence-electron chi connectivity index (χ0n) is 15.8. The summed E-state index contributed by atoms with van der Waals surface area (Å²) in [5.41, 5.74) is 2.12. The van der Waals surface area contributed by atoms with Crippen LogP contribution in [0.3, 0.4) is 0 Å². The largest absolute Gasteiger partial charge is 0.480 e. The summed E-state index contributed by atoms with van der Waals surface area (Å²) in [6, 6.07) is 16.8. The average molecular weight is 388 g/mol. The van der Waals surface area contributed by atoms with Gasteiger partial charge in [0.1, 0.15) is 11.6 Å². The molecule has 0 saturated carbocycles. The molecule has 0 fully saturated rings. The van der Waals surface area contributed by atoms with Crippen LogP contribution in [-0.2, 0) is 15.1 Å². The number of carbonyl (C=O) groups excluding carboxylic acids is 1. The molecule has 0 aromatic heterocycles. The van der Waals surface area contributed by atoms with Gasteiger partial charge in [-0.3, -0.25) is 0 Å². The van der Waals surface area contributed by atoms with E-state index < -0.39 is 23.7 Å². The van der Waals surface area contributed by atoms with E-state index in [1.54, 1.807) is 13.8 Å². The second-order valence-corrected chi connectivity index (χ2v) is 7.65. The molecular formula is C21H25NO4S. The predicted octanol–water partition coefficient (Wildman–Crippen LogP) is 4.52. The van der Waals surface area contributed by atoms with E-state index in [-0.39, 0.29) is 0 Å². The number of aliphatic carboxylic acids is 1. The molecular weight excluding hydrogens is 362 g/mol. The Hall–Kier alpha value is -2.47. The van der Waals surface area contributed by atoms with Crippen LogP contribution < -0.4 is 5.32 Å². The van der Waals surface area contributed by atoms with Gasteiger partial charge in [-0.15, -0.1) is 0 Å². The summed E-state index contributed by atoms with van der Waals surface area (Å²) in [6.45, 7) is 3.56. The predicted molar refractivity (Wildman–Crippen MR) is 109 cm³/mol. The summed E-state index contributed by atoms with van der Waals surface area (Å²) in [4.78, 5) is 23.5. The Labute approximate surface area is 164 Å². The van der Waals surface area contributed by atoms with Crippen molar-refractivity contribution in [3.63, 3.8) is 0 Å². The van der Waals surface area contributed by atoms with Crippen molar-refractivity contribution in [2.24, 2.45) is 0 Å². The zero-order chi connectivity index (χ0) is 19.9. The fourth-order valence-electron chi connectivity index (χ4n) is 2.65. The molecule has 0 aliphatic heterocycles.